The van der Waals surface area contributed by atoms with E-state index in [0.29, 0.717) is 22.5 Å². The molecular formula is C22H23N3O5. The number of carbonyl (C=O) groups is 3. The Morgan fingerprint density at radius 2 is 1.70 bits per heavy atom. The molecule has 0 atom stereocenters. The lowest BCUT2D eigenvalue weighted by Crippen LogP contribution is -2.19. The van der Waals surface area contributed by atoms with Crippen molar-refractivity contribution in [3.05, 3.63) is 65.1 Å². The van der Waals surface area contributed by atoms with Gasteiger partial charge in [-0.1, -0.05) is 30.3 Å². The summed E-state index contributed by atoms with van der Waals surface area (Å²) in [6.45, 7) is 5.18. The number of nitrogens with one attached hydrogen (secondary N) is 1. The van der Waals surface area contributed by atoms with Crippen LogP contribution in [-0.4, -0.2) is 35.5 Å². The maximum Gasteiger partial charge on any atom is 0.347 e. The molecule has 0 spiro atoms. The monoisotopic (exact) mass is 409 g/mol. The Morgan fingerprint density at radius 3 is 2.23 bits per heavy atom. The molecule has 0 amide bonds. The molecule has 0 bridgehead atoms. The number of nitrogens with zero attached hydrogens (tertiary/aromatic N) is 2. The average Bonchev–Trinajstić information content (AvgIpc) is 3.04. The first kappa shape index (κ1) is 22.4. The van der Waals surface area contributed by atoms with E-state index in [1.54, 1.807) is 61.9 Å². The van der Waals surface area contributed by atoms with Gasteiger partial charge in [-0.3, -0.25) is 4.79 Å². The van der Waals surface area contributed by atoms with Crippen LogP contribution in [-0.2, 0) is 25.6 Å². The minimum Gasteiger partial charge on any atom is -0.462 e. The molecule has 156 valence electrons. The minimum absolute atomic E-state index is 0.0366. The molecule has 2 rings (SSSR count). The van der Waals surface area contributed by atoms with Crippen LogP contribution in [0.3, 0.4) is 0 Å². The van der Waals surface area contributed by atoms with Crippen LogP contribution in [0.4, 0.5) is 5.69 Å². The maximum atomic E-state index is 13.1. The van der Waals surface area contributed by atoms with E-state index in [2.05, 4.69) is 5.32 Å². The molecule has 0 saturated carbocycles. The van der Waals surface area contributed by atoms with Crippen molar-refractivity contribution < 1.29 is 23.9 Å². The molecule has 1 aromatic carbocycles. The second-order valence-corrected chi connectivity index (χ2v) is 6.13. The standard InChI is InChI=1S/C22H23N3O5/c1-4-29-21(27)17(22(28)30-5-2)13-24-18-14-25(12-11-23)15(3)19(18)20(26)16-9-7-6-8-10-16/h6-10,13-14,24H,4-5,12H2,1-3H3. The van der Waals surface area contributed by atoms with Crippen LogP contribution in [0.2, 0.25) is 0 Å². The Morgan fingerprint density at radius 1 is 1.10 bits per heavy atom. The zero-order valence-electron chi connectivity index (χ0n) is 17.1. The second-order valence-electron chi connectivity index (χ2n) is 6.13. The molecule has 8 nitrogen and oxygen atoms in total. The predicted octanol–water partition coefficient (Wildman–Crippen LogP) is 2.97. The quantitative estimate of drug-likeness (QED) is 0.223. The van der Waals surface area contributed by atoms with Gasteiger partial charge in [0.15, 0.2) is 11.4 Å². The Hall–Kier alpha value is -3.86. The molecule has 2 aromatic rings. The Bertz CT molecular complexity index is 980. The van der Waals surface area contributed by atoms with Crippen LogP contribution in [0, 0.1) is 18.3 Å². The van der Waals surface area contributed by atoms with Crippen LogP contribution in [0.25, 0.3) is 0 Å². The summed E-state index contributed by atoms with van der Waals surface area (Å²) >= 11 is 0. The van der Waals surface area contributed by atoms with Crippen molar-refractivity contribution in [2.75, 3.05) is 18.5 Å². The zero-order valence-corrected chi connectivity index (χ0v) is 17.1. The summed E-state index contributed by atoms with van der Waals surface area (Å²) in [5, 5.41) is 11.9. The summed E-state index contributed by atoms with van der Waals surface area (Å²) in [5.41, 5.74) is 1.40. The fourth-order valence-electron chi connectivity index (χ4n) is 2.79. The van der Waals surface area contributed by atoms with Crippen LogP contribution in [0.5, 0.6) is 0 Å². The van der Waals surface area contributed by atoms with E-state index in [4.69, 9.17) is 14.7 Å². The highest BCUT2D eigenvalue weighted by Gasteiger charge is 2.23. The highest BCUT2D eigenvalue weighted by Crippen LogP contribution is 2.26. The fourth-order valence-corrected chi connectivity index (χ4v) is 2.79. The minimum atomic E-state index is -0.840. The molecule has 1 heterocycles. The van der Waals surface area contributed by atoms with Crippen molar-refractivity contribution in [1.82, 2.24) is 4.57 Å². The predicted molar refractivity (Wildman–Crippen MR) is 110 cm³/mol. The van der Waals surface area contributed by atoms with Gasteiger partial charge in [-0.15, -0.1) is 0 Å². The van der Waals surface area contributed by atoms with Crippen molar-refractivity contribution in [1.29, 1.82) is 5.26 Å². The maximum absolute atomic E-state index is 13.1. The van der Waals surface area contributed by atoms with Crippen LogP contribution < -0.4 is 5.32 Å². The Kier molecular flexibility index (Phi) is 7.94. The molecule has 1 aromatic heterocycles. The van der Waals surface area contributed by atoms with Gasteiger partial charge < -0.3 is 19.4 Å². The Balaban J connectivity index is 2.48. The summed E-state index contributed by atoms with van der Waals surface area (Å²) in [6, 6.07) is 10.7. The van der Waals surface area contributed by atoms with Crippen LogP contribution in [0.1, 0.15) is 35.5 Å². The van der Waals surface area contributed by atoms with Crippen molar-refractivity contribution in [3.8, 4) is 6.07 Å². The number of rotatable bonds is 9. The summed E-state index contributed by atoms with van der Waals surface area (Å²) in [4.78, 5) is 37.4. The molecule has 0 saturated heterocycles. The lowest BCUT2D eigenvalue weighted by atomic mass is 10.0. The number of benzene rings is 1. The van der Waals surface area contributed by atoms with Crippen molar-refractivity contribution >= 4 is 23.4 Å². The molecular weight excluding hydrogens is 386 g/mol. The van der Waals surface area contributed by atoms with E-state index in [-0.39, 0.29) is 31.1 Å². The van der Waals surface area contributed by atoms with E-state index in [1.165, 1.54) is 0 Å². The molecule has 8 heteroatoms. The highest BCUT2D eigenvalue weighted by molar-refractivity contribution is 6.15. The van der Waals surface area contributed by atoms with Gasteiger partial charge in [0.05, 0.1) is 30.5 Å². The van der Waals surface area contributed by atoms with Gasteiger partial charge in [0.1, 0.15) is 6.54 Å². The summed E-state index contributed by atoms with van der Waals surface area (Å²) < 4.78 is 11.4. The van der Waals surface area contributed by atoms with Crippen molar-refractivity contribution in [2.45, 2.75) is 27.3 Å². The number of hydrogen-bond acceptors (Lipinski definition) is 7. The third-order valence-corrected chi connectivity index (χ3v) is 4.21. The van der Waals surface area contributed by atoms with Gasteiger partial charge >= 0.3 is 11.9 Å². The zero-order chi connectivity index (χ0) is 22.1. The molecule has 0 radical (unpaired) electrons. The second kappa shape index (κ2) is 10.6. The lowest BCUT2D eigenvalue weighted by molar-refractivity contribution is -0.146. The molecule has 0 aliphatic carbocycles. The summed E-state index contributed by atoms with van der Waals surface area (Å²) in [6.07, 6.45) is 2.74. The van der Waals surface area contributed by atoms with E-state index in [0.717, 1.165) is 6.20 Å². The summed E-state index contributed by atoms with van der Waals surface area (Å²) in [5.74, 6) is -1.94. The van der Waals surface area contributed by atoms with E-state index in [1.807, 2.05) is 6.07 Å². The first-order valence-electron chi connectivity index (χ1n) is 9.41. The third-order valence-electron chi connectivity index (χ3n) is 4.21. The largest absolute Gasteiger partial charge is 0.462 e. The third kappa shape index (κ3) is 5.14. The number of ether oxygens (including phenoxy) is 2. The Labute approximate surface area is 174 Å². The molecule has 1 N–H and O–H groups in total. The number of ketones is 1. The molecule has 30 heavy (non-hydrogen) atoms. The lowest BCUT2D eigenvalue weighted by Gasteiger charge is -2.08. The van der Waals surface area contributed by atoms with Gasteiger partial charge in [-0.05, 0) is 20.8 Å². The van der Waals surface area contributed by atoms with Gasteiger partial charge in [-0.25, -0.2) is 9.59 Å². The summed E-state index contributed by atoms with van der Waals surface area (Å²) in [7, 11) is 0. The van der Waals surface area contributed by atoms with Crippen LogP contribution in [0.15, 0.2) is 48.3 Å². The number of carbonyl (C=O) groups excluding carboxylic acids is 3. The van der Waals surface area contributed by atoms with E-state index in [9.17, 15) is 14.4 Å². The highest BCUT2D eigenvalue weighted by atomic mass is 16.6. The smallest absolute Gasteiger partial charge is 0.347 e. The number of hydrogen-bond donors (Lipinski definition) is 1. The molecule has 0 aliphatic heterocycles. The van der Waals surface area contributed by atoms with Gasteiger partial charge in [0.25, 0.3) is 0 Å². The first-order chi connectivity index (χ1) is 14.4. The van der Waals surface area contributed by atoms with E-state index < -0.39 is 11.9 Å². The van der Waals surface area contributed by atoms with Crippen molar-refractivity contribution in [2.24, 2.45) is 0 Å². The van der Waals surface area contributed by atoms with Gasteiger partial charge in [-0.2, -0.15) is 5.26 Å². The van der Waals surface area contributed by atoms with Gasteiger partial charge in [0.2, 0.25) is 0 Å². The fraction of sp³-hybridized carbons (Fsp3) is 0.273. The van der Waals surface area contributed by atoms with Crippen molar-refractivity contribution in [3.63, 3.8) is 0 Å². The molecule has 0 fully saturated rings. The number of aromatic nitrogens is 1. The normalized spacial score (nSPS) is 9.93. The first-order valence-corrected chi connectivity index (χ1v) is 9.41. The SMILES string of the molecule is CCOC(=O)C(=CNc1cn(CC#N)c(C)c1C(=O)c1ccccc1)C(=O)OCC. The topological polar surface area (TPSA) is 110 Å². The van der Waals surface area contributed by atoms with Gasteiger partial charge in [0, 0.05) is 23.7 Å². The number of anilines is 1. The number of nitriles is 1. The van der Waals surface area contributed by atoms with Crippen LogP contribution >= 0.6 is 0 Å². The molecule has 0 aliphatic rings. The number of esters is 2. The molecule has 0 unspecified atom stereocenters. The van der Waals surface area contributed by atoms with E-state index >= 15 is 0 Å². The average molecular weight is 409 g/mol.